The third-order valence-electron chi connectivity index (χ3n) is 2.72. The van der Waals surface area contributed by atoms with Gasteiger partial charge < -0.3 is 5.32 Å². The van der Waals surface area contributed by atoms with Crippen LogP contribution in [0.5, 0.6) is 0 Å². The first kappa shape index (κ1) is 12.8. The summed E-state index contributed by atoms with van der Waals surface area (Å²) < 4.78 is 0.944. The van der Waals surface area contributed by atoms with Crippen LogP contribution in [0.15, 0.2) is 39.1 Å². The summed E-state index contributed by atoms with van der Waals surface area (Å²) in [5.74, 6) is -0.113. The molecule has 2 aromatic rings. The molecule has 1 N–H and O–H groups in total. The molecular formula is C13H8BrClN2OS. The lowest BCUT2D eigenvalue weighted by Gasteiger charge is -2.06. The molecule has 0 fully saturated rings. The molecule has 2 heterocycles. The summed E-state index contributed by atoms with van der Waals surface area (Å²) in [6.45, 7) is 0.111. The highest BCUT2D eigenvalue weighted by molar-refractivity contribution is 9.11. The summed E-state index contributed by atoms with van der Waals surface area (Å²) in [4.78, 5) is 16.1. The van der Waals surface area contributed by atoms with Crippen molar-refractivity contribution < 1.29 is 4.79 Å². The highest BCUT2D eigenvalue weighted by Gasteiger charge is 2.21. The van der Waals surface area contributed by atoms with Gasteiger partial charge in [0.05, 0.1) is 9.50 Å². The van der Waals surface area contributed by atoms with E-state index in [0.29, 0.717) is 5.02 Å². The molecule has 6 heteroatoms. The van der Waals surface area contributed by atoms with Crippen LogP contribution in [0.25, 0.3) is 0 Å². The van der Waals surface area contributed by atoms with Gasteiger partial charge in [-0.25, -0.2) is 0 Å². The van der Waals surface area contributed by atoms with Gasteiger partial charge in [0.2, 0.25) is 5.91 Å². The van der Waals surface area contributed by atoms with E-state index in [4.69, 9.17) is 11.6 Å². The molecule has 1 amide bonds. The van der Waals surface area contributed by atoms with Crippen molar-refractivity contribution in [3.63, 3.8) is 0 Å². The molecule has 96 valence electrons. The topological polar surface area (TPSA) is 41.5 Å². The van der Waals surface area contributed by atoms with Crippen molar-refractivity contribution in [2.75, 3.05) is 11.9 Å². The number of carbonyl (C=O) groups excluding carboxylic acids is 1. The van der Waals surface area contributed by atoms with Crippen LogP contribution in [-0.2, 0) is 4.79 Å². The Bertz CT molecular complexity index is 696. The lowest BCUT2D eigenvalue weighted by Crippen LogP contribution is -2.12. The normalized spacial score (nSPS) is 14.4. The van der Waals surface area contributed by atoms with Gasteiger partial charge in [-0.1, -0.05) is 29.8 Å². The number of thiophene rings is 1. The van der Waals surface area contributed by atoms with Crippen LogP contribution in [0.3, 0.4) is 0 Å². The second kappa shape index (κ2) is 5.07. The van der Waals surface area contributed by atoms with Crippen molar-refractivity contribution in [1.29, 1.82) is 0 Å². The lowest BCUT2D eigenvalue weighted by atomic mass is 10.0. The number of nitrogens with one attached hydrogen (secondary N) is 1. The minimum Gasteiger partial charge on any atom is -0.315 e. The molecule has 0 aliphatic carbocycles. The number of amides is 1. The zero-order valence-corrected chi connectivity index (χ0v) is 12.8. The van der Waals surface area contributed by atoms with Crippen molar-refractivity contribution in [3.8, 4) is 0 Å². The fourth-order valence-corrected chi connectivity index (χ4v) is 3.66. The van der Waals surface area contributed by atoms with Gasteiger partial charge in [-0.2, -0.15) is 0 Å². The number of benzene rings is 1. The molecule has 3 rings (SSSR count). The van der Waals surface area contributed by atoms with Gasteiger partial charge in [0, 0.05) is 16.1 Å². The summed E-state index contributed by atoms with van der Waals surface area (Å²) >= 11 is 11.1. The van der Waals surface area contributed by atoms with Gasteiger partial charge in [0.15, 0.2) is 0 Å². The van der Waals surface area contributed by atoms with E-state index in [9.17, 15) is 4.79 Å². The molecule has 0 bridgehead atoms. The fraction of sp³-hybridized carbons (Fsp3) is 0.0769. The van der Waals surface area contributed by atoms with Crippen LogP contribution in [0.1, 0.15) is 11.1 Å². The van der Waals surface area contributed by atoms with Crippen molar-refractivity contribution >= 4 is 55.5 Å². The molecule has 0 atom stereocenters. The molecule has 0 saturated carbocycles. The molecular weight excluding hydrogens is 348 g/mol. The molecule has 0 radical (unpaired) electrons. The first-order valence-electron chi connectivity index (χ1n) is 5.54. The summed E-state index contributed by atoms with van der Waals surface area (Å²) in [5, 5.41) is 4.28. The predicted molar refractivity (Wildman–Crippen MR) is 82.6 cm³/mol. The van der Waals surface area contributed by atoms with Gasteiger partial charge in [0.1, 0.15) is 11.5 Å². The molecule has 1 aromatic heterocycles. The van der Waals surface area contributed by atoms with Crippen LogP contribution in [0, 0.1) is 0 Å². The van der Waals surface area contributed by atoms with Gasteiger partial charge in [-0.05, 0) is 28.1 Å². The average Bonchev–Trinajstić information content (AvgIpc) is 2.65. The Hall–Kier alpha value is -1.17. The van der Waals surface area contributed by atoms with Gasteiger partial charge in [-0.3, -0.25) is 9.79 Å². The highest BCUT2D eigenvalue weighted by Crippen LogP contribution is 2.35. The van der Waals surface area contributed by atoms with Gasteiger partial charge in [0.25, 0.3) is 0 Å². The quantitative estimate of drug-likeness (QED) is 0.826. The number of carbonyl (C=O) groups is 1. The van der Waals surface area contributed by atoms with Crippen LogP contribution in [-0.4, -0.2) is 18.2 Å². The van der Waals surface area contributed by atoms with Crippen LogP contribution in [0.4, 0.5) is 5.00 Å². The molecule has 1 aromatic carbocycles. The standard InChI is InChI=1S/C13H8BrClN2OS/c14-10-5-8-12(7-3-1-2-4-9(7)15)16-6-11(18)17-13(8)19-10/h1-5H,6H2,(H,17,18). The predicted octanol–water partition coefficient (Wildman–Crippen LogP) is 3.95. The van der Waals surface area contributed by atoms with E-state index in [2.05, 4.69) is 26.2 Å². The van der Waals surface area contributed by atoms with E-state index in [-0.39, 0.29) is 12.5 Å². The SMILES string of the molecule is O=C1CN=C(c2ccccc2Cl)c2cc(Br)sc2N1. The molecule has 0 unspecified atom stereocenters. The Kier molecular flexibility index (Phi) is 3.43. The highest BCUT2D eigenvalue weighted by atomic mass is 79.9. The molecule has 0 spiro atoms. The fourth-order valence-electron chi connectivity index (χ4n) is 1.92. The van der Waals surface area contributed by atoms with E-state index in [1.54, 1.807) is 0 Å². The number of hydrogen-bond donors (Lipinski definition) is 1. The number of anilines is 1. The second-order valence-corrected chi connectivity index (χ2v) is 6.82. The molecule has 1 aliphatic rings. The van der Waals surface area contributed by atoms with Gasteiger partial charge >= 0.3 is 0 Å². The van der Waals surface area contributed by atoms with E-state index < -0.39 is 0 Å². The second-order valence-electron chi connectivity index (χ2n) is 3.99. The summed E-state index contributed by atoms with van der Waals surface area (Å²) in [7, 11) is 0. The Morgan fingerprint density at radius 2 is 2.11 bits per heavy atom. The number of rotatable bonds is 1. The smallest absolute Gasteiger partial charge is 0.246 e. The monoisotopic (exact) mass is 354 g/mol. The third kappa shape index (κ3) is 2.45. The number of nitrogens with zero attached hydrogens (tertiary/aromatic N) is 1. The Morgan fingerprint density at radius 3 is 2.89 bits per heavy atom. The molecule has 0 saturated heterocycles. The zero-order valence-electron chi connectivity index (χ0n) is 9.61. The largest absolute Gasteiger partial charge is 0.315 e. The number of hydrogen-bond acceptors (Lipinski definition) is 3. The number of fused-ring (bicyclic) bond motifs is 1. The first-order chi connectivity index (χ1) is 9.15. The Morgan fingerprint density at radius 1 is 1.32 bits per heavy atom. The molecule has 19 heavy (non-hydrogen) atoms. The number of aliphatic imine (C=N–C) groups is 1. The van der Waals surface area contributed by atoms with E-state index in [0.717, 1.165) is 25.6 Å². The first-order valence-corrected chi connectivity index (χ1v) is 7.53. The van der Waals surface area contributed by atoms with E-state index in [1.807, 2.05) is 30.3 Å². The van der Waals surface area contributed by atoms with E-state index in [1.165, 1.54) is 11.3 Å². The van der Waals surface area contributed by atoms with Crippen LogP contribution >= 0.6 is 38.9 Å². The maximum Gasteiger partial charge on any atom is 0.246 e. The maximum atomic E-state index is 11.7. The zero-order chi connectivity index (χ0) is 13.4. The minimum atomic E-state index is -0.113. The average molecular weight is 356 g/mol. The molecule has 3 nitrogen and oxygen atoms in total. The Labute approximate surface area is 127 Å². The number of halogens is 2. The summed E-state index contributed by atoms with van der Waals surface area (Å²) in [5.41, 5.74) is 2.49. The summed E-state index contributed by atoms with van der Waals surface area (Å²) in [6.07, 6.45) is 0. The van der Waals surface area contributed by atoms with Crippen molar-refractivity contribution in [3.05, 3.63) is 50.3 Å². The summed E-state index contributed by atoms with van der Waals surface area (Å²) in [6, 6.07) is 9.46. The van der Waals surface area contributed by atoms with Gasteiger partial charge in [-0.15, -0.1) is 11.3 Å². The van der Waals surface area contributed by atoms with Crippen molar-refractivity contribution in [2.45, 2.75) is 0 Å². The van der Waals surface area contributed by atoms with Crippen molar-refractivity contribution in [1.82, 2.24) is 0 Å². The lowest BCUT2D eigenvalue weighted by molar-refractivity contribution is -0.114. The van der Waals surface area contributed by atoms with E-state index >= 15 is 0 Å². The molecule has 1 aliphatic heterocycles. The van der Waals surface area contributed by atoms with Crippen LogP contribution < -0.4 is 5.32 Å². The maximum absolute atomic E-state index is 11.7. The minimum absolute atomic E-state index is 0.111. The van der Waals surface area contributed by atoms with Crippen molar-refractivity contribution in [2.24, 2.45) is 4.99 Å². The van der Waals surface area contributed by atoms with Crippen LogP contribution in [0.2, 0.25) is 5.02 Å². The Balaban J connectivity index is 2.20. The third-order valence-corrected chi connectivity index (χ3v) is 4.60.